The van der Waals surface area contributed by atoms with Crippen LogP contribution in [0.1, 0.15) is 17.5 Å². The number of benzene rings is 2. The SMILES string of the molecule is Cc1ccc(CCC(=O)NCCOC(=O)CSc2ccc3c(c2)OCCO3)cc1. The second-order valence-electron chi connectivity index (χ2n) is 6.65. The van der Waals surface area contributed by atoms with Crippen molar-refractivity contribution in [1.82, 2.24) is 5.32 Å². The van der Waals surface area contributed by atoms with Crippen LogP contribution in [0.5, 0.6) is 11.5 Å². The highest BCUT2D eigenvalue weighted by atomic mass is 32.2. The van der Waals surface area contributed by atoms with Gasteiger partial charge in [-0.15, -0.1) is 11.8 Å². The van der Waals surface area contributed by atoms with Crippen molar-refractivity contribution in [3.63, 3.8) is 0 Å². The van der Waals surface area contributed by atoms with Crippen molar-refractivity contribution < 1.29 is 23.8 Å². The second-order valence-corrected chi connectivity index (χ2v) is 7.70. The average Bonchev–Trinajstić information content (AvgIpc) is 2.74. The molecule has 0 saturated carbocycles. The minimum absolute atomic E-state index is 0.0488. The van der Waals surface area contributed by atoms with Gasteiger partial charge in [0, 0.05) is 11.3 Å². The zero-order valence-corrected chi connectivity index (χ0v) is 17.3. The quantitative estimate of drug-likeness (QED) is 0.385. The van der Waals surface area contributed by atoms with E-state index in [1.807, 2.05) is 49.4 Å². The van der Waals surface area contributed by atoms with Crippen molar-refractivity contribution in [2.45, 2.75) is 24.7 Å². The lowest BCUT2D eigenvalue weighted by Gasteiger charge is -2.18. The summed E-state index contributed by atoms with van der Waals surface area (Å²) < 4.78 is 16.2. The summed E-state index contributed by atoms with van der Waals surface area (Å²) in [5.41, 5.74) is 2.33. The molecule has 2 aromatic carbocycles. The van der Waals surface area contributed by atoms with Gasteiger partial charge in [0.1, 0.15) is 19.8 Å². The number of amides is 1. The Morgan fingerprint density at radius 3 is 2.62 bits per heavy atom. The molecule has 1 aliphatic heterocycles. The lowest BCUT2D eigenvalue weighted by molar-refractivity contribution is -0.140. The first-order valence-corrected chi connectivity index (χ1v) is 10.6. The molecule has 1 amide bonds. The molecule has 29 heavy (non-hydrogen) atoms. The number of hydrogen-bond donors (Lipinski definition) is 1. The van der Waals surface area contributed by atoms with Crippen LogP contribution in [-0.4, -0.2) is 44.0 Å². The van der Waals surface area contributed by atoms with Gasteiger partial charge in [-0.3, -0.25) is 9.59 Å². The van der Waals surface area contributed by atoms with Crippen LogP contribution in [0.25, 0.3) is 0 Å². The molecule has 0 spiro atoms. The summed E-state index contributed by atoms with van der Waals surface area (Å²) in [6, 6.07) is 13.7. The lowest BCUT2D eigenvalue weighted by Crippen LogP contribution is -2.28. The minimum atomic E-state index is -0.321. The molecule has 1 heterocycles. The smallest absolute Gasteiger partial charge is 0.316 e. The zero-order valence-electron chi connectivity index (χ0n) is 16.4. The molecule has 0 atom stereocenters. The minimum Gasteiger partial charge on any atom is -0.486 e. The van der Waals surface area contributed by atoms with Crippen LogP contribution in [0.2, 0.25) is 0 Å². The molecular formula is C22H25NO5S. The third kappa shape index (κ3) is 7.02. The van der Waals surface area contributed by atoms with Gasteiger partial charge in [0.15, 0.2) is 11.5 Å². The van der Waals surface area contributed by atoms with E-state index in [2.05, 4.69) is 5.32 Å². The lowest BCUT2D eigenvalue weighted by atomic mass is 10.1. The van der Waals surface area contributed by atoms with E-state index in [1.54, 1.807) is 0 Å². The number of thioether (sulfide) groups is 1. The summed E-state index contributed by atoms with van der Waals surface area (Å²) in [5, 5.41) is 2.77. The van der Waals surface area contributed by atoms with Crippen LogP contribution in [0.4, 0.5) is 0 Å². The first-order chi connectivity index (χ1) is 14.1. The second kappa shape index (κ2) is 10.8. The van der Waals surface area contributed by atoms with Crippen LogP contribution in [0.3, 0.4) is 0 Å². The van der Waals surface area contributed by atoms with Crippen molar-refractivity contribution >= 4 is 23.6 Å². The van der Waals surface area contributed by atoms with E-state index in [9.17, 15) is 9.59 Å². The number of hydrogen-bond acceptors (Lipinski definition) is 6. The normalized spacial score (nSPS) is 12.3. The monoisotopic (exact) mass is 415 g/mol. The van der Waals surface area contributed by atoms with Gasteiger partial charge in [0.2, 0.25) is 5.91 Å². The Morgan fingerprint density at radius 1 is 1.07 bits per heavy atom. The molecule has 1 aliphatic rings. The molecule has 0 fully saturated rings. The fourth-order valence-electron chi connectivity index (χ4n) is 2.75. The summed E-state index contributed by atoms with van der Waals surface area (Å²) >= 11 is 1.37. The summed E-state index contributed by atoms with van der Waals surface area (Å²) in [7, 11) is 0. The summed E-state index contributed by atoms with van der Waals surface area (Å²) in [5.74, 6) is 1.25. The molecule has 154 valence electrons. The fourth-order valence-corrected chi connectivity index (χ4v) is 3.48. The highest BCUT2D eigenvalue weighted by molar-refractivity contribution is 8.00. The van der Waals surface area contributed by atoms with Gasteiger partial charge in [-0.2, -0.15) is 0 Å². The molecule has 1 N–H and O–H groups in total. The topological polar surface area (TPSA) is 73.9 Å². The van der Waals surface area contributed by atoms with Crippen LogP contribution >= 0.6 is 11.8 Å². The Hall–Kier alpha value is -2.67. The van der Waals surface area contributed by atoms with Crippen molar-refractivity contribution in [3.05, 3.63) is 53.6 Å². The van der Waals surface area contributed by atoms with Gasteiger partial charge in [-0.1, -0.05) is 29.8 Å². The standard InChI is InChI=1S/C22H25NO5S/c1-16-2-4-17(5-3-16)6-9-21(24)23-10-11-28-22(25)15-29-18-7-8-19-20(14-18)27-13-12-26-19/h2-5,7-8,14H,6,9-13,15H2,1H3,(H,23,24). The van der Waals surface area contributed by atoms with Crippen molar-refractivity contribution in [3.8, 4) is 11.5 Å². The maximum atomic E-state index is 11.9. The molecule has 3 rings (SSSR count). The maximum absolute atomic E-state index is 11.9. The molecule has 0 bridgehead atoms. The number of rotatable bonds is 9. The molecule has 0 unspecified atom stereocenters. The fraction of sp³-hybridized carbons (Fsp3) is 0.364. The number of nitrogens with one attached hydrogen (secondary N) is 1. The van der Waals surface area contributed by atoms with Gasteiger partial charge in [-0.05, 0) is 37.1 Å². The summed E-state index contributed by atoms with van der Waals surface area (Å²) in [6.45, 7) is 3.59. The van der Waals surface area contributed by atoms with E-state index in [0.29, 0.717) is 38.3 Å². The molecule has 0 aromatic heterocycles. The first-order valence-electron chi connectivity index (χ1n) is 9.60. The number of carbonyl (C=O) groups excluding carboxylic acids is 2. The third-order valence-corrected chi connectivity index (χ3v) is 5.29. The predicted molar refractivity (Wildman–Crippen MR) is 112 cm³/mol. The number of fused-ring (bicyclic) bond motifs is 1. The number of aryl methyl sites for hydroxylation is 2. The van der Waals surface area contributed by atoms with Crippen molar-refractivity contribution in [2.75, 3.05) is 32.1 Å². The van der Waals surface area contributed by atoms with Crippen LogP contribution < -0.4 is 14.8 Å². The van der Waals surface area contributed by atoms with E-state index in [4.69, 9.17) is 14.2 Å². The largest absolute Gasteiger partial charge is 0.486 e. The summed E-state index contributed by atoms with van der Waals surface area (Å²) in [6.07, 6.45) is 1.11. The van der Waals surface area contributed by atoms with Gasteiger partial charge >= 0.3 is 5.97 Å². The van der Waals surface area contributed by atoms with Crippen molar-refractivity contribution in [1.29, 1.82) is 0 Å². The Kier molecular flexibility index (Phi) is 7.81. The maximum Gasteiger partial charge on any atom is 0.316 e. The van der Waals surface area contributed by atoms with Crippen LogP contribution in [-0.2, 0) is 20.7 Å². The van der Waals surface area contributed by atoms with Gasteiger partial charge in [-0.25, -0.2) is 0 Å². The average molecular weight is 416 g/mol. The van der Waals surface area contributed by atoms with E-state index in [1.165, 1.54) is 17.3 Å². The molecule has 7 heteroatoms. The highest BCUT2D eigenvalue weighted by Crippen LogP contribution is 2.34. The number of carbonyl (C=O) groups is 2. The Labute approximate surface area is 174 Å². The Bertz CT molecular complexity index is 838. The van der Waals surface area contributed by atoms with Gasteiger partial charge in [0.05, 0.1) is 12.3 Å². The highest BCUT2D eigenvalue weighted by Gasteiger charge is 2.13. The Morgan fingerprint density at radius 2 is 1.83 bits per heavy atom. The van der Waals surface area contributed by atoms with E-state index >= 15 is 0 Å². The zero-order chi connectivity index (χ0) is 20.5. The van der Waals surface area contributed by atoms with Crippen LogP contribution in [0, 0.1) is 6.92 Å². The van der Waals surface area contributed by atoms with E-state index in [-0.39, 0.29) is 24.2 Å². The molecule has 0 radical (unpaired) electrons. The molecule has 0 saturated heterocycles. The Balaban J connectivity index is 1.28. The van der Waals surface area contributed by atoms with Gasteiger partial charge < -0.3 is 19.5 Å². The van der Waals surface area contributed by atoms with Gasteiger partial charge in [0.25, 0.3) is 0 Å². The molecule has 6 nitrogen and oxygen atoms in total. The summed E-state index contributed by atoms with van der Waals surface area (Å²) in [4.78, 5) is 24.7. The number of ether oxygens (including phenoxy) is 3. The van der Waals surface area contributed by atoms with Crippen molar-refractivity contribution in [2.24, 2.45) is 0 Å². The van der Waals surface area contributed by atoms with Crippen LogP contribution in [0.15, 0.2) is 47.4 Å². The first kappa shape index (κ1) is 21.0. The van der Waals surface area contributed by atoms with E-state index in [0.717, 1.165) is 16.2 Å². The molecule has 0 aliphatic carbocycles. The third-order valence-electron chi connectivity index (χ3n) is 4.32. The van der Waals surface area contributed by atoms with E-state index < -0.39 is 0 Å². The number of esters is 1. The molecular weight excluding hydrogens is 390 g/mol. The predicted octanol–water partition coefficient (Wildman–Crippen LogP) is 3.15. The molecule has 2 aromatic rings.